The van der Waals surface area contributed by atoms with Crippen LogP contribution in [0, 0.1) is 5.82 Å². The maximum absolute atomic E-state index is 14.4. The van der Waals surface area contributed by atoms with E-state index in [9.17, 15) is 9.18 Å². The number of carbonyl (C=O) groups is 1. The summed E-state index contributed by atoms with van der Waals surface area (Å²) in [6.07, 6.45) is 4.36. The van der Waals surface area contributed by atoms with Crippen LogP contribution in [0.1, 0.15) is 40.2 Å². The van der Waals surface area contributed by atoms with Gasteiger partial charge >= 0.3 is 6.09 Å². The van der Waals surface area contributed by atoms with E-state index in [0.29, 0.717) is 24.7 Å². The van der Waals surface area contributed by atoms with Crippen LogP contribution in [0.15, 0.2) is 41.9 Å². The molecule has 0 atom stereocenters. The molecular weight excluding hydrogens is 514 g/mol. The third kappa shape index (κ3) is 9.11. The number of aromatic nitrogens is 2. The first kappa shape index (κ1) is 26.7. The lowest BCUT2D eigenvalue weighted by Gasteiger charge is -2.29. The number of hydrogen-bond acceptors (Lipinski definition) is 4. The Hall–Kier alpha value is -2.37. The second-order valence-electron chi connectivity index (χ2n) is 8.55. The predicted molar refractivity (Wildman–Crippen MR) is 131 cm³/mol. The minimum atomic E-state index is -0.571. The molecule has 0 radical (unpaired) electrons. The fourth-order valence-corrected chi connectivity index (χ4v) is 2.61. The molecule has 3 N–H and O–H groups in total. The van der Waals surface area contributed by atoms with Gasteiger partial charge in [-0.2, -0.15) is 0 Å². The Kier molecular flexibility index (Phi) is 9.72. The van der Waals surface area contributed by atoms with Crippen molar-refractivity contribution in [2.75, 3.05) is 13.6 Å². The highest BCUT2D eigenvalue weighted by molar-refractivity contribution is 14.0. The van der Waals surface area contributed by atoms with E-state index in [0.717, 1.165) is 5.56 Å². The fourth-order valence-electron chi connectivity index (χ4n) is 2.61. The first-order valence-electron chi connectivity index (χ1n) is 9.71. The molecule has 1 heterocycles. The van der Waals surface area contributed by atoms with Gasteiger partial charge in [-0.25, -0.2) is 14.2 Å². The molecule has 172 valence electrons. The van der Waals surface area contributed by atoms with Crippen LogP contribution in [0.25, 0.3) is 5.69 Å². The molecule has 1 aromatic heterocycles. The monoisotopic (exact) mass is 546 g/mol. The topological polar surface area (TPSA) is 92.6 Å². The van der Waals surface area contributed by atoms with E-state index < -0.39 is 17.2 Å². The van der Waals surface area contributed by atoms with Crippen LogP contribution in [-0.4, -0.2) is 46.3 Å². The molecule has 1 amide bonds. The van der Waals surface area contributed by atoms with Gasteiger partial charge in [-0.15, -0.1) is 24.0 Å². The molecule has 0 aliphatic carbocycles. The van der Waals surface area contributed by atoms with E-state index in [4.69, 9.17) is 4.74 Å². The fraction of sp³-hybridized carbons (Fsp3) is 0.476. The number of alkyl carbamates (subject to hydrolysis) is 1. The maximum Gasteiger partial charge on any atom is 0.408 e. The van der Waals surface area contributed by atoms with Gasteiger partial charge in [0.05, 0.1) is 17.6 Å². The molecule has 0 aliphatic rings. The Labute approximate surface area is 200 Å². The number of guanidine groups is 1. The molecular formula is C21H32FIN6O2. The molecule has 0 spiro atoms. The summed E-state index contributed by atoms with van der Waals surface area (Å²) < 4.78 is 21.3. The number of nitrogens with zero attached hydrogens (tertiary/aromatic N) is 3. The molecule has 8 nitrogen and oxygen atoms in total. The van der Waals surface area contributed by atoms with Gasteiger partial charge in [0.2, 0.25) is 0 Å². The normalized spacial score (nSPS) is 12.0. The number of benzene rings is 1. The summed E-state index contributed by atoms with van der Waals surface area (Å²) in [5.74, 6) is 0.200. The van der Waals surface area contributed by atoms with Crippen molar-refractivity contribution in [1.82, 2.24) is 25.5 Å². The van der Waals surface area contributed by atoms with Crippen LogP contribution in [0.5, 0.6) is 0 Å². The number of aliphatic imine (C=N–C) groups is 1. The summed E-state index contributed by atoms with van der Waals surface area (Å²) in [5, 5.41) is 9.13. The first-order valence-corrected chi connectivity index (χ1v) is 9.71. The van der Waals surface area contributed by atoms with Gasteiger partial charge in [0, 0.05) is 32.5 Å². The van der Waals surface area contributed by atoms with Crippen LogP contribution < -0.4 is 16.0 Å². The number of halogens is 2. The smallest absolute Gasteiger partial charge is 0.408 e. The number of nitrogens with one attached hydrogen (secondary N) is 3. The zero-order chi connectivity index (χ0) is 22.4. The molecule has 2 rings (SSSR count). The average molecular weight is 546 g/mol. The third-order valence-corrected chi connectivity index (χ3v) is 4.02. The second kappa shape index (κ2) is 11.3. The highest BCUT2D eigenvalue weighted by Crippen LogP contribution is 2.15. The first-order chi connectivity index (χ1) is 14.0. The van der Waals surface area contributed by atoms with Gasteiger partial charge in [-0.05, 0) is 52.3 Å². The lowest BCUT2D eigenvalue weighted by atomic mass is 10.1. The Balaban J connectivity index is 0.00000480. The van der Waals surface area contributed by atoms with Crippen molar-refractivity contribution in [2.45, 2.75) is 52.3 Å². The summed E-state index contributed by atoms with van der Waals surface area (Å²) in [6.45, 7) is 10.0. The molecule has 10 heteroatoms. The van der Waals surface area contributed by atoms with Crippen molar-refractivity contribution in [3.05, 3.63) is 48.3 Å². The van der Waals surface area contributed by atoms with Gasteiger partial charge in [-0.3, -0.25) is 4.99 Å². The molecule has 0 saturated heterocycles. The minimum Gasteiger partial charge on any atom is -0.444 e. The largest absolute Gasteiger partial charge is 0.444 e. The van der Waals surface area contributed by atoms with Crippen LogP contribution >= 0.6 is 24.0 Å². The van der Waals surface area contributed by atoms with E-state index in [1.54, 1.807) is 36.4 Å². The Morgan fingerprint density at radius 3 is 2.48 bits per heavy atom. The molecule has 0 saturated carbocycles. The molecule has 0 bridgehead atoms. The molecule has 2 aromatic rings. The SMILES string of the molecule is CN=C(NCc1ccc(-n2ccnc2)c(F)c1)NCC(C)(C)NC(=O)OC(C)(C)C.I. The number of amides is 1. The molecule has 0 fully saturated rings. The zero-order valence-corrected chi connectivity index (χ0v) is 21.2. The summed E-state index contributed by atoms with van der Waals surface area (Å²) in [6, 6.07) is 5.02. The second-order valence-corrected chi connectivity index (χ2v) is 8.55. The summed E-state index contributed by atoms with van der Waals surface area (Å²) >= 11 is 0. The van der Waals surface area contributed by atoms with Gasteiger partial charge in [0.1, 0.15) is 11.4 Å². The van der Waals surface area contributed by atoms with Crippen LogP contribution in [0.3, 0.4) is 0 Å². The standard InChI is InChI=1S/C21H31FN6O2.HI/c1-20(2,3)30-19(29)27-21(4,5)13-26-18(23-6)25-12-15-7-8-17(16(22)11-15)28-10-9-24-14-28;/h7-11,14H,12-13H2,1-6H3,(H,27,29)(H2,23,25,26);1H. The van der Waals surface area contributed by atoms with Crippen molar-refractivity contribution in [2.24, 2.45) is 4.99 Å². The predicted octanol–water partition coefficient (Wildman–Crippen LogP) is 3.60. The van der Waals surface area contributed by atoms with E-state index in [2.05, 4.69) is 25.9 Å². The number of carbonyl (C=O) groups excluding carboxylic acids is 1. The van der Waals surface area contributed by atoms with Gasteiger partial charge in [0.25, 0.3) is 0 Å². The number of ether oxygens (including phenoxy) is 1. The van der Waals surface area contributed by atoms with Crippen molar-refractivity contribution >= 4 is 36.0 Å². The number of rotatable bonds is 6. The third-order valence-electron chi connectivity index (χ3n) is 4.02. The van der Waals surface area contributed by atoms with Crippen molar-refractivity contribution < 1.29 is 13.9 Å². The average Bonchev–Trinajstić information content (AvgIpc) is 3.14. The van der Waals surface area contributed by atoms with Crippen molar-refractivity contribution in [3.8, 4) is 5.69 Å². The lowest BCUT2D eigenvalue weighted by Crippen LogP contribution is -2.54. The molecule has 0 unspecified atom stereocenters. The van der Waals surface area contributed by atoms with E-state index >= 15 is 0 Å². The molecule has 31 heavy (non-hydrogen) atoms. The highest BCUT2D eigenvalue weighted by Gasteiger charge is 2.24. The highest BCUT2D eigenvalue weighted by atomic mass is 127. The van der Waals surface area contributed by atoms with Crippen LogP contribution in [0.4, 0.5) is 9.18 Å². The zero-order valence-electron chi connectivity index (χ0n) is 18.8. The molecule has 0 aliphatic heterocycles. The minimum absolute atomic E-state index is 0. The van der Waals surface area contributed by atoms with Crippen LogP contribution in [0.2, 0.25) is 0 Å². The number of imidazole rings is 1. The van der Waals surface area contributed by atoms with Crippen LogP contribution in [-0.2, 0) is 11.3 Å². The Bertz CT molecular complexity index is 878. The molecule has 1 aromatic carbocycles. The quantitative estimate of drug-likeness (QED) is 0.293. The van der Waals surface area contributed by atoms with Gasteiger partial charge in [-0.1, -0.05) is 6.07 Å². The maximum atomic E-state index is 14.4. The van der Waals surface area contributed by atoms with Crippen molar-refractivity contribution in [3.63, 3.8) is 0 Å². The van der Waals surface area contributed by atoms with Gasteiger partial charge in [0.15, 0.2) is 5.96 Å². The van der Waals surface area contributed by atoms with E-state index in [-0.39, 0.29) is 29.8 Å². The van der Waals surface area contributed by atoms with E-state index in [1.807, 2.05) is 40.7 Å². The van der Waals surface area contributed by atoms with E-state index in [1.165, 1.54) is 6.07 Å². The lowest BCUT2D eigenvalue weighted by molar-refractivity contribution is 0.0474. The summed E-state index contributed by atoms with van der Waals surface area (Å²) in [7, 11) is 1.65. The summed E-state index contributed by atoms with van der Waals surface area (Å²) in [4.78, 5) is 20.1. The van der Waals surface area contributed by atoms with Gasteiger partial charge < -0.3 is 25.3 Å². The van der Waals surface area contributed by atoms with Crippen molar-refractivity contribution in [1.29, 1.82) is 0 Å². The Morgan fingerprint density at radius 1 is 1.23 bits per heavy atom. The summed E-state index contributed by atoms with van der Waals surface area (Å²) in [5.41, 5.74) is 0.0750. The number of hydrogen-bond donors (Lipinski definition) is 3. The Morgan fingerprint density at radius 2 is 1.94 bits per heavy atom.